The summed E-state index contributed by atoms with van der Waals surface area (Å²) in [5, 5.41) is 10.2. The minimum absolute atomic E-state index is 0.109. The minimum atomic E-state index is -3.23. The summed E-state index contributed by atoms with van der Waals surface area (Å²) in [7, 11) is -3.23. The fourth-order valence-electron chi connectivity index (χ4n) is 3.07. The summed E-state index contributed by atoms with van der Waals surface area (Å²) in [6, 6.07) is 1.58. The highest BCUT2D eigenvalue weighted by Gasteiger charge is 2.52. The molecule has 0 bridgehead atoms. The number of hydrogen-bond donors (Lipinski definition) is 1. The number of rotatable bonds is 4. The second kappa shape index (κ2) is 5.56. The van der Waals surface area contributed by atoms with Crippen molar-refractivity contribution in [1.82, 2.24) is 19.8 Å². The molecule has 120 valence electrons. The van der Waals surface area contributed by atoms with Gasteiger partial charge in [0.25, 0.3) is 5.91 Å². The van der Waals surface area contributed by atoms with Gasteiger partial charge in [0.2, 0.25) is 10.0 Å². The van der Waals surface area contributed by atoms with Gasteiger partial charge in [-0.15, -0.1) is 0 Å². The van der Waals surface area contributed by atoms with Gasteiger partial charge in [-0.3, -0.25) is 4.79 Å². The van der Waals surface area contributed by atoms with E-state index < -0.39 is 10.0 Å². The molecule has 2 atom stereocenters. The van der Waals surface area contributed by atoms with Gasteiger partial charge < -0.3 is 10.1 Å². The van der Waals surface area contributed by atoms with E-state index in [9.17, 15) is 13.2 Å². The van der Waals surface area contributed by atoms with E-state index in [0.29, 0.717) is 38.4 Å². The van der Waals surface area contributed by atoms with Crippen molar-refractivity contribution in [3.05, 3.63) is 24.0 Å². The van der Waals surface area contributed by atoms with Gasteiger partial charge in [0, 0.05) is 31.0 Å². The maximum Gasteiger partial charge on any atom is 0.252 e. The van der Waals surface area contributed by atoms with Crippen LogP contribution in [0.2, 0.25) is 0 Å². The van der Waals surface area contributed by atoms with E-state index in [1.807, 2.05) is 0 Å². The fraction of sp³-hybridized carbons (Fsp3) is 0.615. The molecule has 3 rings (SSSR count). The number of hydrogen-bond acceptors (Lipinski definition) is 6. The summed E-state index contributed by atoms with van der Waals surface area (Å²) in [6.45, 7) is 2.19. The molecular formula is C13H18N4O4S. The predicted molar refractivity (Wildman–Crippen MR) is 77.5 cm³/mol. The zero-order chi connectivity index (χ0) is 15.8. The number of amides is 1. The van der Waals surface area contributed by atoms with Gasteiger partial charge in [0.1, 0.15) is 0 Å². The smallest absolute Gasteiger partial charge is 0.252 e. The number of nitrogens with zero attached hydrogens (tertiary/aromatic N) is 3. The number of carbonyl (C=O) groups is 1. The Kier molecular flexibility index (Phi) is 3.87. The molecule has 0 aromatic carbocycles. The molecule has 9 heteroatoms. The molecule has 0 saturated carbocycles. The maximum absolute atomic E-state index is 12.1. The molecule has 1 aromatic heterocycles. The average molecular weight is 326 g/mol. The van der Waals surface area contributed by atoms with E-state index >= 15 is 0 Å². The summed E-state index contributed by atoms with van der Waals surface area (Å²) >= 11 is 0. The van der Waals surface area contributed by atoms with Crippen molar-refractivity contribution in [1.29, 1.82) is 0 Å². The Bertz CT molecular complexity index is 666. The van der Waals surface area contributed by atoms with Gasteiger partial charge in [-0.1, -0.05) is 0 Å². The number of sulfonamides is 1. The van der Waals surface area contributed by atoms with Crippen molar-refractivity contribution >= 4 is 15.9 Å². The monoisotopic (exact) mass is 326 g/mol. The Labute approximate surface area is 128 Å². The van der Waals surface area contributed by atoms with Crippen LogP contribution in [0.5, 0.6) is 0 Å². The Morgan fingerprint density at radius 2 is 2.36 bits per heavy atom. The molecule has 2 fully saturated rings. The fourth-order valence-corrected chi connectivity index (χ4v) is 4.01. The van der Waals surface area contributed by atoms with Crippen LogP contribution in [0, 0.1) is 11.3 Å². The van der Waals surface area contributed by atoms with Crippen LogP contribution in [-0.4, -0.2) is 67.9 Å². The molecule has 1 aromatic rings. The molecule has 0 aliphatic carbocycles. The normalized spacial score (nSPS) is 28.5. The maximum atomic E-state index is 12.1. The highest BCUT2D eigenvalue weighted by atomic mass is 32.2. The van der Waals surface area contributed by atoms with E-state index in [0.717, 1.165) is 0 Å². The van der Waals surface area contributed by atoms with E-state index in [-0.39, 0.29) is 17.2 Å². The van der Waals surface area contributed by atoms with Crippen LogP contribution < -0.4 is 5.32 Å². The molecule has 2 aliphatic rings. The first kappa shape index (κ1) is 15.3. The highest BCUT2D eigenvalue weighted by Crippen LogP contribution is 2.41. The van der Waals surface area contributed by atoms with Crippen molar-refractivity contribution in [2.75, 3.05) is 39.1 Å². The van der Waals surface area contributed by atoms with E-state index in [1.165, 1.54) is 23.0 Å². The zero-order valence-electron chi connectivity index (χ0n) is 12.2. The first-order valence-corrected chi connectivity index (χ1v) is 8.83. The second-order valence-electron chi connectivity index (χ2n) is 5.94. The van der Waals surface area contributed by atoms with Gasteiger partial charge in [0.05, 0.1) is 37.4 Å². The summed E-state index contributed by atoms with van der Waals surface area (Å²) < 4.78 is 30.5. The number of ether oxygens (including phenoxy) is 1. The topological polar surface area (TPSA) is 101 Å². The highest BCUT2D eigenvalue weighted by molar-refractivity contribution is 7.88. The van der Waals surface area contributed by atoms with Gasteiger partial charge in [-0.05, 0) is 6.07 Å². The summed E-state index contributed by atoms with van der Waals surface area (Å²) in [4.78, 5) is 12.1. The van der Waals surface area contributed by atoms with Crippen LogP contribution in [0.3, 0.4) is 0 Å². The van der Waals surface area contributed by atoms with Gasteiger partial charge in [-0.25, -0.2) is 12.7 Å². The molecule has 22 heavy (non-hydrogen) atoms. The molecular weight excluding hydrogens is 308 g/mol. The van der Waals surface area contributed by atoms with Crippen LogP contribution >= 0.6 is 0 Å². The number of aromatic nitrogens is 2. The van der Waals surface area contributed by atoms with Crippen LogP contribution in [-0.2, 0) is 14.8 Å². The quantitative estimate of drug-likeness (QED) is 0.770. The largest absolute Gasteiger partial charge is 0.380 e. The van der Waals surface area contributed by atoms with E-state index in [1.54, 1.807) is 6.07 Å². The lowest BCUT2D eigenvalue weighted by Crippen LogP contribution is -2.43. The van der Waals surface area contributed by atoms with Crippen molar-refractivity contribution in [2.45, 2.75) is 0 Å². The first-order chi connectivity index (χ1) is 10.4. The minimum Gasteiger partial charge on any atom is -0.380 e. The Morgan fingerprint density at radius 3 is 3.05 bits per heavy atom. The van der Waals surface area contributed by atoms with Gasteiger partial charge >= 0.3 is 0 Å². The van der Waals surface area contributed by atoms with Crippen molar-refractivity contribution in [3.8, 4) is 0 Å². The molecule has 0 unspecified atom stereocenters. The Hall–Kier alpha value is -1.58. The molecule has 2 aliphatic heterocycles. The molecule has 0 spiro atoms. The lowest BCUT2D eigenvalue weighted by molar-refractivity contribution is 0.0914. The third kappa shape index (κ3) is 2.83. The molecule has 8 nitrogen and oxygen atoms in total. The van der Waals surface area contributed by atoms with E-state index in [4.69, 9.17) is 4.74 Å². The van der Waals surface area contributed by atoms with Gasteiger partial charge in [0.15, 0.2) is 0 Å². The number of carbonyl (C=O) groups excluding carboxylic acids is 1. The van der Waals surface area contributed by atoms with Crippen molar-refractivity contribution in [3.63, 3.8) is 0 Å². The predicted octanol–water partition coefficient (Wildman–Crippen LogP) is -0.886. The van der Waals surface area contributed by atoms with Crippen LogP contribution in [0.1, 0.15) is 10.4 Å². The molecule has 2 saturated heterocycles. The summed E-state index contributed by atoms with van der Waals surface area (Å²) in [6.07, 6.45) is 4.06. The Morgan fingerprint density at radius 1 is 1.55 bits per heavy atom. The SMILES string of the molecule is CS(=O)(=O)N1C[C@@H]2COC[C@]2(CNC(=O)c2ccnnc2)C1. The van der Waals surface area contributed by atoms with Crippen molar-refractivity contribution in [2.24, 2.45) is 11.3 Å². The average Bonchev–Trinajstić information content (AvgIpc) is 3.02. The molecule has 3 heterocycles. The summed E-state index contributed by atoms with van der Waals surface area (Å²) in [5.74, 6) is -0.133. The lowest BCUT2D eigenvalue weighted by Gasteiger charge is -2.27. The van der Waals surface area contributed by atoms with Crippen molar-refractivity contribution < 1.29 is 17.9 Å². The first-order valence-electron chi connectivity index (χ1n) is 6.98. The number of nitrogens with one attached hydrogen (secondary N) is 1. The van der Waals surface area contributed by atoms with E-state index in [2.05, 4.69) is 15.5 Å². The summed E-state index contributed by atoms with van der Waals surface area (Å²) in [5.41, 5.74) is 0.0824. The van der Waals surface area contributed by atoms with Crippen LogP contribution in [0.15, 0.2) is 18.5 Å². The van der Waals surface area contributed by atoms with Crippen LogP contribution in [0.25, 0.3) is 0 Å². The van der Waals surface area contributed by atoms with Crippen LogP contribution in [0.4, 0.5) is 0 Å². The third-order valence-electron chi connectivity index (χ3n) is 4.41. The standard InChI is InChI=1S/C13H18N4O4S/c1-22(19,20)17-5-11-6-21-9-13(11,8-17)7-14-12(18)10-2-3-15-16-4-10/h2-4,11H,5-9H2,1H3,(H,14,18)/t11-,13+/m1/s1. The Balaban J connectivity index is 1.69. The lowest BCUT2D eigenvalue weighted by atomic mass is 9.81. The van der Waals surface area contributed by atoms with Gasteiger partial charge in [-0.2, -0.15) is 10.2 Å². The molecule has 1 N–H and O–H groups in total. The molecule has 1 amide bonds. The zero-order valence-corrected chi connectivity index (χ0v) is 13.0. The molecule has 0 radical (unpaired) electrons. The second-order valence-corrected chi connectivity index (χ2v) is 7.93. The third-order valence-corrected chi connectivity index (χ3v) is 5.62. The number of fused-ring (bicyclic) bond motifs is 1.